The molecular weight excluding hydrogens is 240 g/mol. The molecule has 114 valence electrons. The van der Waals surface area contributed by atoms with Crippen LogP contribution in [0.2, 0.25) is 0 Å². The minimum Gasteiger partial charge on any atom is -0.0619 e. The Kier molecular flexibility index (Phi) is 2.50. The zero-order chi connectivity index (χ0) is 14.4. The van der Waals surface area contributed by atoms with E-state index >= 15 is 0 Å². The molecule has 0 aromatic heterocycles. The van der Waals surface area contributed by atoms with Crippen molar-refractivity contribution in [2.75, 3.05) is 0 Å². The van der Waals surface area contributed by atoms with E-state index in [0.29, 0.717) is 21.7 Å². The van der Waals surface area contributed by atoms with Gasteiger partial charge in [-0.15, -0.1) is 0 Å². The zero-order valence-corrected chi connectivity index (χ0v) is 14.4. The molecule has 2 bridgehead atoms. The second-order valence-corrected chi connectivity index (χ2v) is 9.90. The van der Waals surface area contributed by atoms with Crippen molar-refractivity contribution in [1.82, 2.24) is 0 Å². The van der Waals surface area contributed by atoms with E-state index in [-0.39, 0.29) is 0 Å². The van der Waals surface area contributed by atoms with Crippen LogP contribution in [0.1, 0.15) is 86.0 Å². The summed E-state index contributed by atoms with van der Waals surface area (Å²) in [6, 6.07) is 0. The molecule has 4 fully saturated rings. The van der Waals surface area contributed by atoms with E-state index < -0.39 is 0 Å². The van der Waals surface area contributed by atoms with Gasteiger partial charge in [-0.05, 0) is 77.9 Å². The monoisotopic (exact) mass is 274 g/mol. The molecule has 0 heteroatoms. The summed E-state index contributed by atoms with van der Waals surface area (Å²) in [5, 5.41) is 0. The van der Waals surface area contributed by atoms with Gasteiger partial charge in [0.1, 0.15) is 0 Å². The molecule has 0 heterocycles. The maximum absolute atomic E-state index is 2.70. The van der Waals surface area contributed by atoms with E-state index in [9.17, 15) is 0 Å². The molecule has 0 radical (unpaired) electrons. The molecule has 2 spiro atoms. The van der Waals surface area contributed by atoms with Crippen LogP contribution in [0.4, 0.5) is 0 Å². The van der Waals surface area contributed by atoms with Crippen molar-refractivity contribution in [2.24, 2.45) is 39.4 Å². The molecule has 0 saturated heterocycles. The molecule has 0 aromatic carbocycles. The highest BCUT2D eigenvalue weighted by Gasteiger charge is 2.79. The van der Waals surface area contributed by atoms with Gasteiger partial charge in [0.25, 0.3) is 0 Å². The van der Waals surface area contributed by atoms with Crippen LogP contribution in [-0.2, 0) is 0 Å². The van der Waals surface area contributed by atoms with Crippen LogP contribution in [-0.4, -0.2) is 0 Å². The molecule has 0 amide bonds. The fourth-order valence-corrected chi connectivity index (χ4v) is 8.90. The summed E-state index contributed by atoms with van der Waals surface area (Å²) in [6.45, 7) is 13.3. The van der Waals surface area contributed by atoms with Crippen molar-refractivity contribution in [3.63, 3.8) is 0 Å². The zero-order valence-electron chi connectivity index (χ0n) is 14.4. The highest BCUT2D eigenvalue weighted by molar-refractivity contribution is 5.27. The molecule has 1 unspecified atom stereocenters. The van der Waals surface area contributed by atoms with E-state index in [1.54, 1.807) is 12.8 Å². The molecule has 20 heavy (non-hydrogen) atoms. The predicted octanol–water partition coefficient (Wildman–Crippen LogP) is 6.06. The number of fused-ring (bicyclic) bond motifs is 1. The smallest absolute Gasteiger partial charge is 0.0151 e. The summed E-state index contributed by atoms with van der Waals surface area (Å²) in [4.78, 5) is 0. The summed E-state index contributed by atoms with van der Waals surface area (Å²) in [7, 11) is 0. The molecule has 0 nitrogen and oxygen atoms in total. The summed E-state index contributed by atoms with van der Waals surface area (Å²) >= 11 is 0. The van der Waals surface area contributed by atoms with Gasteiger partial charge in [-0.2, -0.15) is 0 Å². The molecule has 0 N–H and O–H groups in total. The molecule has 4 rings (SSSR count). The average Bonchev–Trinajstić information content (AvgIpc) is 2.69. The number of hydrogen-bond donors (Lipinski definition) is 0. The third-order valence-electron chi connectivity index (χ3n) is 9.68. The third kappa shape index (κ3) is 1.09. The van der Waals surface area contributed by atoms with Gasteiger partial charge in [-0.25, -0.2) is 0 Å². The van der Waals surface area contributed by atoms with Crippen molar-refractivity contribution in [3.8, 4) is 0 Å². The molecule has 4 aliphatic carbocycles. The van der Waals surface area contributed by atoms with E-state index in [4.69, 9.17) is 0 Å². The lowest BCUT2D eigenvalue weighted by molar-refractivity contribution is -0.143. The highest BCUT2D eigenvalue weighted by Crippen LogP contribution is 2.86. The van der Waals surface area contributed by atoms with Crippen molar-refractivity contribution in [2.45, 2.75) is 86.0 Å². The minimum absolute atomic E-state index is 0.591. The fourth-order valence-electron chi connectivity index (χ4n) is 8.90. The highest BCUT2D eigenvalue weighted by atomic mass is 14.8. The first-order valence-electron chi connectivity index (χ1n) is 9.32. The lowest BCUT2D eigenvalue weighted by Gasteiger charge is -2.62. The lowest BCUT2D eigenvalue weighted by Crippen LogP contribution is -2.56. The van der Waals surface area contributed by atoms with Crippen LogP contribution in [0, 0.1) is 39.4 Å². The van der Waals surface area contributed by atoms with Crippen LogP contribution in [0.5, 0.6) is 0 Å². The summed E-state index contributed by atoms with van der Waals surface area (Å²) in [6.07, 6.45) is 12.2. The van der Waals surface area contributed by atoms with Crippen molar-refractivity contribution >= 4 is 0 Å². The van der Waals surface area contributed by atoms with Gasteiger partial charge in [0.05, 0.1) is 0 Å². The predicted molar refractivity (Wildman–Crippen MR) is 85.5 cm³/mol. The quantitative estimate of drug-likeness (QED) is 0.504. The third-order valence-corrected chi connectivity index (χ3v) is 9.68. The number of rotatable bonds is 0. The second-order valence-electron chi connectivity index (χ2n) is 9.90. The summed E-state index contributed by atoms with van der Waals surface area (Å²) < 4.78 is 0. The largest absolute Gasteiger partial charge is 0.0619 e. The Bertz CT molecular complexity index is 435. The molecule has 4 aliphatic rings. The van der Waals surface area contributed by atoms with E-state index in [1.807, 2.05) is 0 Å². The molecular formula is C20H34. The van der Waals surface area contributed by atoms with E-state index in [2.05, 4.69) is 34.6 Å². The second kappa shape index (κ2) is 3.66. The Balaban J connectivity index is 1.97. The van der Waals surface area contributed by atoms with Crippen LogP contribution in [0.15, 0.2) is 0 Å². The van der Waals surface area contributed by atoms with Gasteiger partial charge in [0.15, 0.2) is 0 Å². The Labute approximate surface area is 126 Å². The van der Waals surface area contributed by atoms with Gasteiger partial charge >= 0.3 is 0 Å². The van der Waals surface area contributed by atoms with Gasteiger partial charge in [0.2, 0.25) is 0 Å². The van der Waals surface area contributed by atoms with Crippen molar-refractivity contribution in [1.29, 1.82) is 0 Å². The molecule has 6 atom stereocenters. The Hall–Kier alpha value is 0. The average molecular weight is 274 g/mol. The van der Waals surface area contributed by atoms with Gasteiger partial charge in [-0.3, -0.25) is 0 Å². The maximum Gasteiger partial charge on any atom is -0.0151 e. The van der Waals surface area contributed by atoms with Crippen molar-refractivity contribution in [3.05, 3.63) is 0 Å². The number of hydrogen-bond acceptors (Lipinski definition) is 0. The summed E-state index contributed by atoms with van der Waals surface area (Å²) in [5.41, 5.74) is 2.60. The Morgan fingerprint density at radius 1 is 0.750 bits per heavy atom. The van der Waals surface area contributed by atoms with Gasteiger partial charge < -0.3 is 0 Å². The van der Waals surface area contributed by atoms with Gasteiger partial charge in [-0.1, -0.05) is 47.5 Å². The molecule has 0 aliphatic heterocycles. The Morgan fingerprint density at radius 3 is 2.20 bits per heavy atom. The first-order chi connectivity index (χ1) is 9.32. The van der Waals surface area contributed by atoms with Gasteiger partial charge in [0, 0.05) is 0 Å². The SMILES string of the molecule is C[C@@H]1CC[C@H]2C[C@]34[C@H](C)CCC[C@@]3(C)CCC14C2(C)C. The van der Waals surface area contributed by atoms with Crippen molar-refractivity contribution < 1.29 is 0 Å². The first-order valence-corrected chi connectivity index (χ1v) is 9.32. The van der Waals surface area contributed by atoms with Crippen LogP contribution < -0.4 is 0 Å². The summed E-state index contributed by atoms with van der Waals surface area (Å²) in [5.74, 6) is 2.94. The lowest BCUT2D eigenvalue weighted by atomic mass is 9.42. The van der Waals surface area contributed by atoms with E-state index in [0.717, 1.165) is 17.8 Å². The normalized spacial score (nSPS) is 60.1. The van der Waals surface area contributed by atoms with Crippen LogP contribution in [0.25, 0.3) is 0 Å². The van der Waals surface area contributed by atoms with E-state index in [1.165, 1.54) is 38.5 Å². The maximum atomic E-state index is 2.70. The minimum atomic E-state index is 0.591. The molecule has 0 aromatic rings. The van der Waals surface area contributed by atoms with Crippen LogP contribution in [0.3, 0.4) is 0 Å². The topological polar surface area (TPSA) is 0 Å². The molecule has 4 saturated carbocycles. The standard InChI is InChI=1S/C20H34/c1-14-7-6-10-18(5)11-12-19-15(2)8-9-16(17(19,3)4)13-20(14,18)19/h14-16H,6-13H2,1-5H3/t14-,15-,16+,18+,19?,20+/m1/s1. The first kappa shape index (κ1) is 13.6. The fraction of sp³-hybridized carbons (Fsp3) is 1.00. The Morgan fingerprint density at radius 2 is 1.45 bits per heavy atom. The van der Waals surface area contributed by atoms with Crippen LogP contribution >= 0.6 is 0 Å².